The van der Waals surface area contributed by atoms with Crippen molar-refractivity contribution in [3.63, 3.8) is 0 Å². The molecular weight excluding hydrogens is 244 g/mol. The van der Waals surface area contributed by atoms with Crippen molar-refractivity contribution in [3.8, 4) is 0 Å². The predicted octanol–water partition coefficient (Wildman–Crippen LogP) is 1.98. The Morgan fingerprint density at radius 3 is 2.68 bits per heavy atom. The Morgan fingerprint density at radius 2 is 2.05 bits per heavy atom. The van der Waals surface area contributed by atoms with Crippen LogP contribution in [-0.4, -0.2) is 24.2 Å². The highest BCUT2D eigenvalue weighted by Crippen LogP contribution is 2.25. The summed E-state index contributed by atoms with van der Waals surface area (Å²) < 4.78 is 4.88. The molecule has 1 aliphatic heterocycles. The molecule has 2 rings (SSSR count). The molecule has 0 radical (unpaired) electrons. The average Bonchev–Trinajstić information content (AvgIpc) is 2.68. The fourth-order valence-electron chi connectivity index (χ4n) is 1.98. The van der Waals surface area contributed by atoms with E-state index in [0.29, 0.717) is 18.0 Å². The van der Waals surface area contributed by atoms with Crippen LogP contribution in [-0.2, 0) is 14.3 Å². The zero-order valence-corrected chi connectivity index (χ0v) is 11.0. The van der Waals surface area contributed by atoms with Gasteiger partial charge in [0.2, 0.25) is 0 Å². The summed E-state index contributed by atoms with van der Waals surface area (Å²) in [5.74, 6) is -1.07. The second-order valence-electron chi connectivity index (χ2n) is 4.29. The van der Waals surface area contributed by atoms with Gasteiger partial charge in [0.05, 0.1) is 24.6 Å². The van der Waals surface area contributed by atoms with Gasteiger partial charge in [0.25, 0.3) is 5.91 Å². The van der Waals surface area contributed by atoms with Crippen molar-refractivity contribution >= 4 is 23.3 Å². The summed E-state index contributed by atoms with van der Waals surface area (Å²) >= 11 is 0. The Kier molecular flexibility index (Phi) is 3.94. The van der Waals surface area contributed by atoms with Gasteiger partial charge in [-0.2, -0.15) is 5.10 Å². The molecule has 5 nitrogen and oxygen atoms in total. The molecule has 1 amide bonds. The average molecular weight is 260 g/mol. The van der Waals surface area contributed by atoms with Crippen molar-refractivity contribution in [3.05, 3.63) is 30.3 Å². The number of hydrogen-bond acceptors (Lipinski definition) is 4. The summed E-state index contributed by atoms with van der Waals surface area (Å²) in [7, 11) is 0. The SMILES string of the molecule is CCOC(=O)C[C@@H]1C(=O)N(c2ccccc2)N=C1C. The highest BCUT2D eigenvalue weighted by atomic mass is 16.5. The Hall–Kier alpha value is -2.17. The summed E-state index contributed by atoms with van der Waals surface area (Å²) in [4.78, 5) is 23.7. The van der Waals surface area contributed by atoms with Gasteiger partial charge >= 0.3 is 5.97 Å². The summed E-state index contributed by atoms with van der Waals surface area (Å²) in [6.45, 7) is 3.81. The number of nitrogens with zero attached hydrogens (tertiary/aromatic N) is 2. The van der Waals surface area contributed by atoms with E-state index in [1.807, 2.05) is 18.2 Å². The van der Waals surface area contributed by atoms with Gasteiger partial charge in [-0.15, -0.1) is 0 Å². The molecule has 0 aliphatic carbocycles. The van der Waals surface area contributed by atoms with Crippen molar-refractivity contribution in [1.29, 1.82) is 0 Å². The monoisotopic (exact) mass is 260 g/mol. The van der Waals surface area contributed by atoms with Gasteiger partial charge in [-0.25, -0.2) is 5.01 Å². The van der Waals surface area contributed by atoms with Crippen LogP contribution in [0.25, 0.3) is 0 Å². The van der Waals surface area contributed by atoms with Gasteiger partial charge in [-0.05, 0) is 26.0 Å². The molecule has 1 aliphatic rings. The number of esters is 1. The Balaban J connectivity index is 2.13. The number of anilines is 1. The van der Waals surface area contributed by atoms with Crippen molar-refractivity contribution in [1.82, 2.24) is 0 Å². The van der Waals surface area contributed by atoms with Crippen LogP contribution < -0.4 is 5.01 Å². The van der Waals surface area contributed by atoms with Crippen molar-refractivity contribution in [2.24, 2.45) is 11.0 Å². The lowest BCUT2D eigenvalue weighted by Gasteiger charge is -2.13. The molecule has 0 fully saturated rings. The van der Waals surface area contributed by atoms with E-state index >= 15 is 0 Å². The molecule has 0 saturated heterocycles. The summed E-state index contributed by atoms with van der Waals surface area (Å²) in [5, 5.41) is 5.57. The van der Waals surface area contributed by atoms with Crippen LogP contribution in [0.15, 0.2) is 35.4 Å². The van der Waals surface area contributed by atoms with E-state index in [4.69, 9.17) is 4.74 Å². The molecule has 0 aromatic heterocycles. The minimum atomic E-state index is -0.515. The van der Waals surface area contributed by atoms with E-state index in [1.165, 1.54) is 5.01 Å². The van der Waals surface area contributed by atoms with Crippen LogP contribution >= 0.6 is 0 Å². The molecular formula is C14H16N2O3. The number of para-hydroxylation sites is 1. The molecule has 5 heteroatoms. The van der Waals surface area contributed by atoms with Gasteiger partial charge < -0.3 is 4.74 Å². The first-order chi connectivity index (χ1) is 9.13. The Bertz CT molecular complexity index is 511. The van der Waals surface area contributed by atoms with Crippen LogP contribution in [0, 0.1) is 5.92 Å². The molecule has 1 heterocycles. The lowest BCUT2D eigenvalue weighted by Crippen LogP contribution is -2.29. The third-order valence-electron chi connectivity index (χ3n) is 2.95. The number of amides is 1. The van der Waals surface area contributed by atoms with Crippen LogP contribution in [0.2, 0.25) is 0 Å². The van der Waals surface area contributed by atoms with Gasteiger partial charge in [0.15, 0.2) is 0 Å². The standard InChI is InChI=1S/C14H16N2O3/c1-3-19-13(17)9-12-10(2)15-16(14(12)18)11-7-5-4-6-8-11/h4-8,12H,3,9H2,1-2H3/t12-/m0/s1. The maximum Gasteiger partial charge on any atom is 0.306 e. The van der Waals surface area contributed by atoms with E-state index in [-0.39, 0.29) is 18.3 Å². The molecule has 0 spiro atoms. The molecule has 0 saturated carbocycles. The Labute approximate surface area is 111 Å². The molecule has 100 valence electrons. The first-order valence-corrected chi connectivity index (χ1v) is 6.23. The van der Waals surface area contributed by atoms with Gasteiger partial charge in [-0.3, -0.25) is 9.59 Å². The first kappa shape index (κ1) is 13.3. The predicted molar refractivity (Wildman–Crippen MR) is 71.8 cm³/mol. The van der Waals surface area contributed by atoms with E-state index in [1.54, 1.807) is 26.0 Å². The van der Waals surface area contributed by atoms with E-state index in [0.717, 1.165) is 0 Å². The lowest BCUT2D eigenvalue weighted by atomic mass is 10.0. The number of rotatable bonds is 4. The quantitative estimate of drug-likeness (QED) is 0.778. The van der Waals surface area contributed by atoms with Crippen molar-refractivity contribution in [2.45, 2.75) is 20.3 Å². The van der Waals surface area contributed by atoms with Gasteiger partial charge in [0, 0.05) is 5.71 Å². The molecule has 0 N–H and O–H groups in total. The smallest absolute Gasteiger partial charge is 0.306 e. The van der Waals surface area contributed by atoms with E-state index < -0.39 is 5.92 Å². The van der Waals surface area contributed by atoms with E-state index in [9.17, 15) is 9.59 Å². The number of carbonyl (C=O) groups is 2. The minimum Gasteiger partial charge on any atom is -0.466 e. The minimum absolute atomic E-state index is 0.0470. The number of benzene rings is 1. The largest absolute Gasteiger partial charge is 0.466 e. The van der Waals surface area contributed by atoms with Gasteiger partial charge in [0.1, 0.15) is 0 Å². The highest BCUT2D eigenvalue weighted by Gasteiger charge is 2.36. The first-order valence-electron chi connectivity index (χ1n) is 6.23. The van der Waals surface area contributed by atoms with Crippen LogP contribution in [0.3, 0.4) is 0 Å². The lowest BCUT2D eigenvalue weighted by molar-refractivity contribution is -0.145. The zero-order valence-electron chi connectivity index (χ0n) is 11.0. The normalized spacial score (nSPS) is 18.4. The summed E-state index contributed by atoms with van der Waals surface area (Å²) in [6, 6.07) is 9.16. The Morgan fingerprint density at radius 1 is 1.37 bits per heavy atom. The van der Waals surface area contributed by atoms with Crippen LogP contribution in [0.5, 0.6) is 0 Å². The third-order valence-corrected chi connectivity index (χ3v) is 2.95. The fourth-order valence-corrected chi connectivity index (χ4v) is 1.98. The molecule has 0 bridgehead atoms. The number of ether oxygens (including phenoxy) is 1. The fraction of sp³-hybridized carbons (Fsp3) is 0.357. The van der Waals surface area contributed by atoms with Crippen molar-refractivity contribution in [2.75, 3.05) is 11.6 Å². The zero-order chi connectivity index (χ0) is 13.8. The molecule has 1 atom stereocenters. The van der Waals surface area contributed by atoms with Gasteiger partial charge in [-0.1, -0.05) is 18.2 Å². The maximum atomic E-state index is 12.3. The maximum absolute atomic E-state index is 12.3. The second kappa shape index (κ2) is 5.65. The molecule has 1 aromatic carbocycles. The van der Waals surface area contributed by atoms with Crippen LogP contribution in [0.4, 0.5) is 5.69 Å². The number of carbonyl (C=O) groups excluding carboxylic acids is 2. The number of hydrogen-bond donors (Lipinski definition) is 0. The topological polar surface area (TPSA) is 59.0 Å². The molecule has 0 unspecified atom stereocenters. The third kappa shape index (κ3) is 2.81. The number of hydrazone groups is 1. The van der Waals surface area contributed by atoms with E-state index in [2.05, 4.69) is 5.10 Å². The van der Waals surface area contributed by atoms with Crippen LogP contribution in [0.1, 0.15) is 20.3 Å². The van der Waals surface area contributed by atoms with Crippen molar-refractivity contribution < 1.29 is 14.3 Å². The second-order valence-corrected chi connectivity index (χ2v) is 4.29. The molecule has 19 heavy (non-hydrogen) atoms. The summed E-state index contributed by atoms with van der Waals surface area (Å²) in [6.07, 6.45) is 0.0470. The highest BCUT2D eigenvalue weighted by molar-refractivity contribution is 6.16. The summed E-state index contributed by atoms with van der Waals surface area (Å²) in [5.41, 5.74) is 1.35. The molecule has 1 aromatic rings.